The maximum Gasteiger partial charge on any atom is 0.252 e. The van der Waals surface area contributed by atoms with Gasteiger partial charge in [0.25, 0.3) is 10.0 Å². The highest BCUT2D eigenvalue weighted by Gasteiger charge is 2.34. The first-order chi connectivity index (χ1) is 11.9. The van der Waals surface area contributed by atoms with Gasteiger partial charge in [-0.05, 0) is 64.9 Å². The summed E-state index contributed by atoms with van der Waals surface area (Å²) in [6, 6.07) is 3.71. The van der Waals surface area contributed by atoms with Gasteiger partial charge in [-0.25, -0.2) is 8.42 Å². The van der Waals surface area contributed by atoms with Crippen molar-refractivity contribution < 1.29 is 13.2 Å². The van der Waals surface area contributed by atoms with Gasteiger partial charge in [0.2, 0.25) is 5.91 Å². The molecule has 2 aliphatic heterocycles. The second-order valence-electron chi connectivity index (χ2n) is 7.15. The molecule has 0 saturated carbocycles. The van der Waals surface area contributed by atoms with Gasteiger partial charge in [0.15, 0.2) is 0 Å². The third-order valence-corrected chi connectivity index (χ3v) is 8.46. The lowest BCUT2D eigenvalue weighted by Crippen LogP contribution is -2.49. The first-order valence-corrected chi connectivity index (χ1v) is 11.2. The van der Waals surface area contributed by atoms with Crippen molar-refractivity contribution >= 4 is 27.3 Å². The van der Waals surface area contributed by atoms with Crippen LogP contribution in [-0.2, 0) is 14.8 Å². The van der Waals surface area contributed by atoms with Crippen molar-refractivity contribution in [1.82, 2.24) is 14.5 Å². The molecule has 1 atom stereocenters. The minimum Gasteiger partial charge on any atom is -0.353 e. The molecule has 1 aromatic heterocycles. The van der Waals surface area contributed by atoms with Crippen LogP contribution in [0.1, 0.15) is 30.6 Å². The smallest absolute Gasteiger partial charge is 0.252 e. The van der Waals surface area contributed by atoms with Crippen LogP contribution in [0, 0.1) is 12.8 Å². The molecule has 2 aliphatic rings. The summed E-state index contributed by atoms with van der Waals surface area (Å²) < 4.78 is 27.5. The molecule has 3 rings (SSSR count). The SMILES string of the molecule is Cc1ccc(S(=O)(=O)N2CCCC(C(=O)NC3CCN(C)CC3)C2)s1. The second-order valence-corrected chi connectivity index (χ2v) is 10.6. The molecule has 1 N–H and O–H groups in total. The molecule has 0 spiro atoms. The zero-order valence-electron chi connectivity index (χ0n) is 14.9. The van der Waals surface area contributed by atoms with Crippen LogP contribution in [0.25, 0.3) is 0 Å². The molecule has 0 radical (unpaired) electrons. The average molecular weight is 386 g/mol. The molecule has 8 heteroatoms. The van der Waals surface area contributed by atoms with Crippen LogP contribution in [-0.4, -0.2) is 62.8 Å². The number of carbonyl (C=O) groups excluding carboxylic acids is 1. The van der Waals surface area contributed by atoms with Crippen LogP contribution < -0.4 is 5.32 Å². The Kier molecular flexibility index (Phi) is 5.82. The molecule has 2 fully saturated rings. The number of carbonyl (C=O) groups is 1. The number of piperidine rings is 2. The Balaban J connectivity index is 1.61. The van der Waals surface area contributed by atoms with Crippen LogP contribution >= 0.6 is 11.3 Å². The van der Waals surface area contributed by atoms with Crippen LogP contribution in [0.3, 0.4) is 0 Å². The highest BCUT2D eigenvalue weighted by Crippen LogP contribution is 2.28. The Morgan fingerprint density at radius 3 is 2.56 bits per heavy atom. The van der Waals surface area contributed by atoms with Crippen molar-refractivity contribution in [2.75, 3.05) is 33.2 Å². The predicted octanol–water partition coefficient (Wildman–Crippen LogP) is 1.67. The van der Waals surface area contributed by atoms with E-state index in [-0.39, 0.29) is 24.4 Å². The number of nitrogens with zero attached hydrogens (tertiary/aromatic N) is 2. The number of hydrogen-bond donors (Lipinski definition) is 1. The molecule has 0 aliphatic carbocycles. The van der Waals surface area contributed by atoms with Gasteiger partial charge in [-0.3, -0.25) is 4.79 Å². The largest absolute Gasteiger partial charge is 0.353 e. The fourth-order valence-electron chi connectivity index (χ4n) is 3.52. The van der Waals surface area contributed by atoms with Crippen molar-refractivity contribution in [2.45, 2.75) is 42.9 Å². The van der Waals surface area contributed by atoms with E-state index in [0.29, 0.717) is 10.8 Å². The highest BCUT2D eigenvalue weighted by molar-refractivity contribution is 7.91. The lowest BCUT2D eigenvalue weighted by molar-refractivity contribution is -0.127. The average Bonchev–Trinajstić information content (AvgIpc) is 3.04. The number of nitrogens with one attached hydrogen (secondary N) is 1. The van der Waals surface area contributed by atoms with Crippen LogP contribution in [0.2, 0.25) is 0 Å². The van der Waals surface area contributed by atoms with E-state index >= 15 is 0 Å². The molecule has 1 unspecified atom stereocenters. The zero-order valence-corrected chi connectivity index (χ0v) is 16.5. The maximum absolute atomic E-state index is 12.8. The van der Waals surface area contributed by atoms with E-state index in [2.05, 4.69) is 17.3 Å². The number of thiophene rings is 1. The summed E-state index contributed by atoms with van der Waals surface area (Å²) in [4.78, 5) is 15.9. The van der Waals surface area contributed by atoms with Crippen molar-refractivity contribution in [3.63, 3.8) is 0 Å². The lowest BCUT2D eigenvalue weighted by Gasteiger charge is -2.33. The normalized spacial score (nSPS) is 24.3. The van der Waals surface area contributed by atoms with Gasteiger partial charge in [-0.1, -0.05) is 0 Å². The van der Waals surface area contributed by atoms with Gasteiger partial charge in [0, 0.05) is 24.0 Å². The third kappa shape index (κ3) is 4.42. The van der Waals surface area contributed by atoms with Gasteiger partial charge in [-0.2, -0.15) is 4.31 Å². The topological polar surface area (TPSA) is 69.7 Å². The van der Waals surface area contributed by atoms with Crippen molar-refractivity contribution in [1.29, 1.82) is 0 Å². The fourth-order valence-corrected chi connectivity index (χ4v) is 6.49. The van der Waals surface area contributed by atoms with E-state index in [1.54, 1.807) is 6.07 Å². The Morgan fingerprint density at radius 2 is 1.92 bits per heavy atom. The Hall–Kier alpha value is -0.960. The third-order valence-electron chi connectivity index (χ3n) is 5.13. The van der Waals surface area contributed by atoms with Crippen molar-refractivity contribution in [3.8, 4) is 0 Å². The van der Waals surface area contributed by atoms with Crippen LogP contribution in [0.5, 0.6) is 0 Å². The minimum absolute atomic E-state index is 0.0109. The minimum atomic E-state index is -3.48. The first kappa shape index (κ1) is 18.8. The number of amides is 1. The lowest BCUT2D eigenvalue weighted by atomic mass is 9.97. The Labute approximate surface area is 154 Å². The number of hydrogen-bond acceptors (Lipinski definition) is 5. The summed E-state index contributed by atoms with van der Waals surface area (Å²) in [6.45, 7) is 4.68. The van der Waals surface area contributed by atoms with Gasteiger partial charge >= 0.3 is 0 Å². The highest BCUT2D eigenvalue weighted by atomic mass is 32.2. The van der Waals surface area contributed by atoms with E-state index in [4.69, 9.17) is 0 Å². The molecule has 1 aromatic rings. The molecule has 0 aromatic carbocycles. The predicted molar refractivity (Wildman–Crippen MR) is 99.2 cm³/mol. The molecular formula is C17H27N3O3S2. The maximum atomic E-state index is 12.8. The summed E-state index contributed by atoms with van der Waals surface area (Å²) in [5, 5.41) is 3.14. The first-order valence-electron chi connectivity index (χ1n) is 8.92. The second kappa shape index (κ2) is 7.73. The molecule has 2 saturated heterocycles. The summed E-state index contributed by atoms with van der Waals surface area (Å²) >= 11 is 1.29. The number of aryl methyl sites for hydroxylation is 1. The van der Waals surface area contributed by atoms with Crippen LogP contribution in [0.15, 0.2) is 16.3 Å². The Bertz CT molecular complexity index is 708. The van der Waals surface area contributed by atoms with E-state index < -0.39 is 10.0 Å². The van der Waals surface area contributed by atoms with E-state index in [9.17, 15) is 13.2 Å². The van der Waals surface area contributed by atoms with Gasteiger partial charge in [-0.15, -0.1) is 11.3 Å². The van der Waals surface area contributed by atoms with Crippen molar-refractivity contribution in [3.05, 3.63) is 17.0 Å². The Morgan fingerprint density at radius 1 is 1.20 bits per heavy atom. The molecule has 140 valence electrons. The molecular weight excluding hydrogens is 358 g/mol. The van der Waals surface area contributed by atoms with E-state index in [1.165, 1.54) is 15.6 Å². The van der Waals surface area contributed by atoms with E-state index in [1.807, 2.05) is 13.0 Å². The fraction of sp³-hybridized carbons (Fsp3) is 0.706. The standard InChI is InChI=1S/C17H27N3O3S2/c1-13-5-6-16(24-13)25(22,23)20-9-3-4-14(12-20)17(21)18-15-7-10-19(2)11-8-15/h5-6,14-15H,3-4,7-12H2,1-2H3,(H,18,21). The summed E-state index contributed by atoms with van der Waals surface area (Å²) in [5.74, 6) is -0.235. The summed E-state index contributed by atoms with van der Waals surface area (Å²) in [7, 11) is -1.39. The zero-order chi connectivity index (χ0) is 18.0. The molecule has 25 heavy (non-hydrogen) atoms. The monoisotopic (exact) mass is 385 g/mol. The van der Waals surface area contributed by atoms with Crippen LogP contribution in [0.4, 0.5) is 0 Å². The molecule has 6 nitrogen and oxygen atoms in total. The molecule has 3 heterocycles. The van der Waals surface area contributed by atoms with E-state index in [0.717, 1.165) is 43.6 Å². The van der Waals surface area contributed by atoms with Gasteiger partial charge in [0.05, 0.1) is 5.92 Å². The summed E-state index contributed by atoms with van der Waals surface area (Å²) in [6.07, 6.45) is 3.42. The molecule has 1 amide bonds. The quantitative estimate of drug-likeness (QED) is 0.856. The number of sulfonamides is 1. The number of rotatable bonds is 4. The van der Waals surface area contributed by atoms with Gasteiger partial charge < -0.3 is 10.2 Å². The van der Waals surface area contributed by atoms with Crippen molar-refractivity contribution in [2.24, 2.45) is 5.92 Å². The van der Waals surface area contributed by atoms with Gasteiger partial charge in [0.1, 0.15) is 4.21 Å². The summed E-state index contributed by atoms with van der Waals surface area (Å²) in [5.41, 5.74) is 0. The number of likely N-dealkylation sites (tertiary alicyclic amines) is 1. The molecule has 0 bridgehead atoms.